The summed E-state index contributed by atoms with van der Waals surface area (Å²) in [5.41, 5.74) is 2.87. The zero-order valence-electron chi connectivity index (χ0n) is 17.5. The maximum Gasteiger partial charge on any atom is 0.419 e. The van der Waals surface area contributed by atoms with E-state index in [-0.39, 0.29) is 17.0 Å². The van der Waals surface area contributed by atoms with E-state index < -0.39 is 27.6 Å². The van der Waals surface area contributed by atoms with Gasteiger partial charge >= 0.3 is 5.76 Å². The summed E-state index contributed by atoms with van der Waals surface area (Å²) < 4.78 is 51.1. The van der Waals surface area contributed by atoms with Crippen LogP contribution in [0.5, 0.6) is 0 Å². The van der Waals surface area contributed by atoms with Crippen LogP contribution in [0, 0.1) is 5.82 Å². The molecule has 2 aromatic heterocycles. The molecule has 0 saturated carbocycles. The fraction of sp³-hybridized carbons (Fsp3) is 0.130. The van der Waals surface area contributed by atoms with E-state index in [1.165, 1.54) is 34.9 Å². The van der Waals surface area contributed by atoms with Crippen molar-refractivity contribution in [3.05, 3.63) is 95.0 Å². The molecule has 3 aromatic carbocycles. The molecule has 0 fully saturated rings. The number of nitrogens with one attached hydrogen (secondary N) is 1. The molecule has 2 heterocycles. The van der Waals surface area contributed by atoms with Crippen LogP contribution in [-0.2, 0) is 23.6 Å². The Labute approximate surface area is 188 Å². The number of nitrogens with zero attached hydrogens (tertiary/aromatic N) is 3. The molecule has 8 nitrogen and oxygen atoms in total. The first kappa shape index (κ1) is 21.1. The number of hydrogen-bond donors (Lipinski definition) is 1. The minimum Gasteiger partial charge on any atom is -0.408 e. The van der Waals surface area contributed by atoms with E-state index >= 15 is 0 Å². The molecule has 0 bridgehead atoms. The standard InChI is InChI=1S/C23H19FN4O4S/c1-27-21-11-10-17(12-22(21)32-23(27)29)33(30,31)26-19(15-6-8-16(24)9-7-15)13-28-14-25-18-4-2-3-5-20(18)28/h2-12,14,19,26H,13H2,1H3. The van der Waals surface area contributed by atoms with E-state index in [9.17, 15) is 17.6 Å². The molecule has 5 rings (SSSR count). The maximum atomic E-state index is 13.5. The third-order valence-corrected chi connectivity index (χ3v) is 7.02. The van der Waals surface area contributed by atoms with Crippen molar-refractivity contribution in [3.8, 4) is 0 Å². The number of aromatic nitrogens is 3. The molecule has 5 aromatic rings. The SMILES string of the molecule is Cn1c(=O)oc2cc(S(=O)(=O)NC(Cn3cnc4ccccc43)c3ccc(F)cc3)ccc21. The largest absolute Gasteiger partial charge is 0.419 e. The first-order valence-electron chi connectivity index (χ1n) is 10.1. The smallest absolute Gasteiger partial charge is 0.408 e. The van der Waals surface area contributed by atoms with Crippen LogP contribution in [0.1, 0.15) is 11.6 Å². The Morgan fingerprint density at radius 2 is 1.82 bits per heavy atom. The number of benzene rings is 3. The van der Waals surface area contributed by atoms with Gasteiger partial charge in [-0.2, -0.15) is 0 Å². The van der Waals surface area contributed by atoms with Crippen molar-refractivity contribution < 1.29 is 17.2 Å². The molecule has 0 aliphatic rings. The number of imidazole rings is 1. The predicted octanol–water partition coefficient (Wildman–Crippen LogP) is 3.34. The normalized spacial score (nSPS) is 13.0. The van der Waals surface area contributed by atoms with E-state index in [4.69, 9.17) is 4.42 Å². The Morgan fingerprint density at radius 1 is 1.06 bits per heavy atom. The van der Waals surface area contributed by atoms with E-state index in [2.05, 4.69) is 9.71 Å². The molecular weight excluding hydrogens is 447 g/mol. The molecule has 168 valence electrons. The number of para-hydroxylation sites is 2. The van der Waals surface area contributed by atoms with Gasteiger partial charge in [0, 0.05) is 19.7 Å². The molecular formula is C23H19FN4O4S. The quantitative estimate of drug-likeness (QED) is 0.414. The fourth-order valence-electron chi connectivity index (χ4n) is 3.79. The Hall–Kier alpha value is -3.76. The van der Waals surface area contributed by atoms with Crippen molar-refractivity contribution in [3.63, 3.8) is 0 Å². The third kappa shape index (κ3) is 3.94. The van der Waals surface area contributed by atoms with Crippen LogP contribution in [0.2, 0.25) is 0 Å². The van der Waals surface area contributed by atoms with Crippen LogP contribution in [0.15, 0.2) is 87.2 Å². The van der Waals surface area contributed by atoms with Crippen molar-refractivity contribution in [2.24, 2.45) is 7.05 Å². The third-order valence-electron chi connectivity index (χ3n) is 5.55. The monoisotopic (exact) mass is 466 g/mol. The Bertz CT molecular complexity index is 1630. The average Bonchev–Trinajstić information content (AvgIpc) is 3.34. The van der Waals surface area contributed by atoms with Gasteiger partial charge in [-0.25, -0.2) is 27.3 Å². The van der Waals surface area contributed by atoms with Gasteiger partial charge in [0.05, 0.1) is 33.8 Å². The maximum absolute atomic E-state index is 13.5. The number of oxazole rings is 1. The van der Waals surface area contributed by atoms with Gasteiger partial charge in [-0.15, -0.1) is 0 Å². The van der Waals surface area contributed by atoms with Gasteiger partial charge < -0.3 is 8.98 Å². The number of sulfonamides is 1. The lowest BCUT2D eigenvalue weighted by molar-refractivity contribution is 0.513. The van der Waals surface area contributed by atoms with E-state index in [0.717, 1.165) is 11.0 Å². The van der Waals surface area contributed by atoms with Gasteiger partial charge in [-0.3, -0.25) is 4.57 Å². The van der Waals surface area contributed by atoms with Crippen molar-refractivity contribution in [2.45, 2.75) is 17.5 Å². The molecule has 0 spiro atoms. The topological polar surface area (TPSA) is 99.1 Å². The molecule has 0 aliphatic heterocycles. The average molecular weight is 466 g/mol. The van der Waals surface area contributed by atoms with Crippen LogP contribution in [0.25, 0.3) is 22.1 Å². The molecule has 10 heteroatoms. The van der Waals surface area contributed by atoms with Crippen molar-refractivity contribution >= 4 is 32.2 Å². The highest BCUT2D eigenvalue weighted by Gasteiger charge is 2.24. The number of aryl methyl sites for hydroxylation is 1. The van der Waals surface area contributed by atoms with Crippen LogP contribution in [-0.4, -0.2) is 22.5 Å². The molecule has 1 N–H and O–H groups in total. The first-order valence-corrected chi connectivity index (χ1v) is 11.6. The summed E-state index contributed by atoms with van der Waals surface area (Å²) in [5.74, 6) is -0.998. The Kier molecular flexibility index (Phi) is 5.10. The van der Waals surface area contributed by atoms with Gasteiger partial charge in [0.15, 0.2) is 5.58 Å². The Morgan fingerprint density at radius 3 is 2.61 bits per heavy atom. The molecule has 0 aliphatic carbocycles. The highest BCUT2D eigenvalue weighted by Crippen LogP contribution is 2.24. The molecule has 0 radical (unpaired) electrons. The van der Waals surface area contributed by atoms with Crippen LogP contribution < -0.4 is 10.5 Å². The Balaban J connectivity index is 1.53. The van der Waals surface area contributed by atoms with Crippen molar-refractivity contribution in [1.29, 1.82) is 0 Å². The van der Waals surface area contributed by atoms with Crippen molar-refractivity contribution in [1.82, 2.24) is 18.8 Å². The minimum absolute atomic E-state index is 0.0491. The fourth-order valence-corrected chi connectivity index (χ4v) is 5.03. The lowest BCUT2D eigenvalue weighted by atomic mass is 10.1. The van der Waals surface area contributed by atoms with E-state index in [1.54, 1.807) is 25.5 Å². The van der Waals surface area contributed by atoms with Gasteiger partial charge in [0.25, 0.3) is 0 Å². The highest BCUT2D eigenvalue weighted by molar-refractivity contribution is 7.89. The second-order valence-corrected chi connectivity index (χ2v) is 9.38. The summed E-state index contributed by atoms with van der Waals surface area (Å²) in [4.78, 5) is 16.1. The number of halogens is 1. The lowest BCUT2D eigenvalue weighted by Crippen LogP contribution is -2.31. The second kappa shape index (κ2) is 7.98. The number of rotatable bonds is 6. The van der Waals surface area contributed by atoms with Crippen LogP contribution >= 0.6 is 0 Å². The number of fused-ring (bicyclic) bond motifs is 2. The van der Waals surface area contributed by atoms with Crippen molar-refractivity contribution in [2.75, 3.05) is 0 Å². The second-order valence-electron chi connectivity index (χ2n) is 7.67. The highest BCUT2D eigenvalue weighted by atomic mass is 32.2. The summed E-state index contributed by atoms with van der Waals surface area (Å²) >= 11 is 0. The summed E-state index contributed by atoms with van der Waals surface area (Å²) in [5, 5.41) is 0. The summed E-state index contributed by atoms with van der Waals surface area (Å²) in [6.45, 7) is 0.230. The zero-order valence-corrected chi connectivity index (χ0v) is 18.3. The molecule has 1 unspecified atom stereocenters. The molecule has 1 atom stereocenters. The van der Waals surface area contributed by atoms with Crippen LogP contribution in [0.3, 0.4) is 0 Å². The predicted molar refractivity (Wildman–Crippen MR) is 121 cm³/mol. The van der Waals surface area contributed by atoms with Crippen LogP contribution in [0.4, 0.5) is 4.39 Å². The molecule has 33 heavy (non-hydrogen) atoms. The van der Waals surface area contributed by atoms with E-state index in [0.29, 0.717) is 11.1 Å². The summed E-state index contributed by atoms with van der Waals surface area (Å²) in [6, 6.07) is 16.7. The van der Waals surface area contributed by atoms with Gasteiger partial charge in [0.2, 0.25) is 10.0 Å². The molecule has 0 amide bonds. The van der Waals surface area contributed by atoms with Gasteiger partial charge in [-0.1, -0.05) is 24.3 Å². The molecule has 0 saturated heterocycles. The zero-order chi connectivity index (χ0) is 23.2. The lowest BCUT2D eigenvalue weighted by Gasteiger charge is -2.20. The first-order chi connectivity index (χ1) is 15.8. The summed E-state index contributed by atoms with van der Waals surface area (Å²) in [6.07, 6.45) is 1.64. The van der Waals surface area contributed by atoms with Gasteiger partial charge in [-0.05, 0) is 42.0 Å². The van der Waals surface area contributed by atoms with Gasteiger partial charge in [0.1, 0.15) is 5.82 Å². The van der Waals surface area contributed by atoms with E-state index in [1.807, 2.05) is 28.8 Å². The summed E-state index contributed by atoms with van der Waals surface area (Å²) in [7, 11) is -2.48. The minimum atomic E-state index is -4.02. The number of hydrogen-bond acceptors (Lipinski definition) is 5.